The van der Waals surface area contributed by atoms with Gasteiger partial charge in [0.25, 0.3) is 0 Å². The fraction of sp³-hybridized carbons (Fsp3) is 0.472. The van der Waals surface area contributed by atoms with Crippen molar-refractivity contribution in [2.75, 3.05) is 28.4 Å². The maximum Gasteiger partial charge on any atom is 0.311 e. The molecule has 42 heavy (non-hydrogen) atoms. The van der Waals surface area contributed by atoms with E-state index < -0.39 is 0 Å². The zero-order valence-electron chi connectivity index (χ0n) is 26.3. The first-order valence-corrected chi connectivity index (χ1v) is 15.2. The second-order valence-corrected chi connectivity index (χ2v) is 10.2. The van der Waals surface area contributed by atoms with E-state index in [1.807, 2.05) is 30.4 Å². The first-order valence-electron chi connectivity index (χ1n) is 15.2. The van der Waals surface area contributed by atoms with E-state index in [0.29, 0.717) is 35.2 Å². The zero-order valence-corrected chi connectivity index (χ0v) is 26.3. The third kappa shape index (κ3) is 12.9. The van der Waals surface area contributed by atoms with E-state index in [-0.39, 0.29) is 5.97 Å². The number of unbranched alkanes of at least 4 members (excludes halogenated alkanes) is 8. The van der Waals surface area contributed by atoms with Gasteiger partial charge < -0.3 is 23.7 Å². The average Bonchev–Trinajstić information content (AvgIpc) is 3.01. The summed E-state index contributed by atoms with van der Waals surface area (Å²) in [5, 5.41) is 0. The van der Waals surface area contributed by atoms with Gasteiger partial charge in [-0.25, -0.2) is 0 Å². The lowest BCUT2D eigenvalue weighted by atomic mass is 10.1. The summed E-state index contributed by atoms with van der Waals surface area (Å²) < 4.78 is 27.4. The lowest BCUT2D eigenvalue weighted by molar-refractivity contribution is -0.134. The average molecular weight is 579 g/mol. The highest BCUT2D eigenvalue weighted by molar-refractivity contribution is 5.76. The number of allylic oxidation sites excluding steroid dienone is 4. The fourth-order valence-electron chi connectivity index (χ4n) is 4.52. The van der Waals surface area contributed by atoms with Crippen molar-refractivity contribution in [1.82, 2.24) is 0 Å². The van der Waals surface area contributed by atoms with Crippen molar-refractivity contribution in [1.29, 1.82) is 0 Å². The Kier molecular flexibility index (Phi) is 17.3. The van der Waals surface area contributed by atoms with Crippen LogP contribution in [0, 0.1) is 0 Å². The molecule has 0 fully saturated rings. The summed E-state index contributed by atoms with van der Waals surface area (Å²) in [6, 6.07) is 9.25. The second kappa shape index (κ2) is 21.1. The number of hydrogen-bond acceptors (Lipinski definition) is 6. The Morgan fingerprint density at radius 3 is 1.79 bits per heavy atom. The molecule has 0 spiro atoms. The molecule has 0 radical (unpaired) electrons. The lowest BCUT2D eigenvalue weighted by Gasteiger charge is -2.13. The number of carbonyl (C=O) groups excluding carboxylic acids is 1. The molecule has 0 saturated carbocycles. The minimum atomic E-state index is -0.250. The van der Waals surface area contributed by atoms with Crippen molar-refractivity contribution >= 4 is 18.1 Å². The van der Waals surface area contributed by atoms with E-state index in [4.69, 9.17) is 23.7 Å². The lowest BCUT2D eigenvalue weighted by Crippen LogP contribution is -2.08. The normalized spacial score (nSPS) is 11.5. The van der Waals surface area contributed by atoms with Gasteiger partial charge in [-0.2, -0.15) is 0 Å². The second-order valence-electron chi connectivity index (χ2n) is 10.2. The van der Waals surface area contributed by atoms with E-state index in [1.54, 1.807) is 40.6 Å². The van der Waals surface area contributed by atoms with Crippen molar-refractivity contribution in [2.45, 2.75) is 84.0 Å². The summed E-state index contributed by atoms with van der Waals surface area (Å²) >= 11 is 0. The first-order chi connectivity index (χ1) is 20.6. The smallest absolute Gasteiger partial charge is 0.311 e. The predicted molar refractivity (Wildman–Crippen MR) is 173 cm³/mol. The van der Waals surface area contributed by atoms with E-state index in [2.05, 4.69) is 31.2 Å². The van der Waals surface area contributed by atoms with Crippen LogP contribution >= 0.6 is 0 Å². The molecule has 0 aromatic heterocycles. The van der Waals surface area contributed by atoms with Gasteiger partial charge in [0.1, 0.15) is 0 Å². The molecule has 2 aromatic carbocycles. The number of benzene rings is 2. The molecule has 0 aliphatic carbocycles. The molecule has 2 aromatic rings. The van der Waals surface area contributed by atoms with Crippen LogP contribution in [0.1, 0.15) is 95.1 Å². The third-order valence-corrected chi connectivity index (χ3v) is 6.90. The summed E-state index contributed by atoms with van der Waals surface area (Å²) in [7, 11) is 6.32. The predicted octanol–water partition coefficient (Wildman–Crippen LogP) is 9.61. The molecular formula is C36H50O6. The van der Waals surface area contributed by atoms with Gasteiger partial charge in [-0.15, -0.1) is 0 Å². The molecule has 6 heteroatoms. The minimum Gasteiger partial charge on any atom is -0.493 e. The van der Waals surface area contributed by atoms with E-state index in [9.17, 15) is 4.79 Å². The Bertz CT molecular complexity index is 1120. The molecule has 0 aliphatic rings. The summed E-state index contributed by atoms with van der Waals surface area (Å²) in [4.78, 5) is 12.6. The SMILES string of the molecule is CCCCCC/C=C/C/C=C/CCCCCCC(=O)Oc1cc(/C=C\c2cc(OC)c(OC)c(OC)c2)ccc1OC. The number of esters is 1. The van der Waals surface area contributed by atoms with Crippen LogP contribution in [-0.4, -0.2) is 34.4 Å². The van der Waals surface area contributed by atoms with Gasteiger partial charge in [-0.3, -0.25) is 4.79 Å². The van der Waals surface area contributed by atoms with Gasteiger partial charge >= 0.3 is 5.97 Å². The number of ether oxygens (including phenoxy) is 5. The van der Waals surface area contributed by atoms with Gasteiger partial charge in [-0.05, 0) is 73.9 Å². The van der Waals surface area contributed by atoms with E-state index >= 15 is 0 Å². The molecule has 0 atom stereocenters. The van der Waals surface area contributed by atoms with Gasteiger partial charge in [0.05, 0.1) is 28.4 Å². The van der Waals surface area contributed by atoms with Crippen LogP contribution in [0.3, 0.4) is 0 Å². The fourth-order valence-corrected chi connectivity index (χ4v) is 4.52. The van der Waals surface area contributed by atoms with Gasteiger partial charge in [0.2, 0.25) is 5.75 Å². The quantitative estimate of drug-likeness (QED) is 0.0483. The van der Waals surface area contributed by atoms with Gasteiger partial charge in [0, 0.05) is 6.42 Å². The topological polar surface area (TPSA) is 63.2 Å². The van der Waals surface area contributed by atoms with Crippen LogP contribution in [0.4, 0.5) is 0 Å². The van der Waals surface area contributed by atoms with Crippen LogP contribution in [0.25, 0.3) is 12.2 Å². The van der Waals surface area contributed by atoms with Crippen LogP contribution in [-0.2, 0) is 4.79 Å². The summed E-state index contributed by atoms with van der Waals surface area (Å²) in [5.41, 5.74) is 1.74. The molecule has 0 amide bonds. The summed E-state index contributed by atoms with van der Waals surface area (Å²) in [6.07, 6.45) is 26.0. The van der Waals surface area contributed by atoms with Crippen LogP contribution in [0.15, 0.2) is 54.6 Å². The summed E-state index contributed by atoms with van der Waals surface area (Å²) in [5.74, 6) is 2.38. The Morgan fingerprint density at radius 2 is 1.19 bits per heavy atom. The molecular weight excluding hydrogens is 528 g/mol. The van der Waals surface area contributed by atoms with Gasteiger partial charge in [0.15, 0.2) is 23.0 Å². The molecule has 6 nitrogen and oxygen atoms in total. The number of carbonyl (C=O) groups is 1. The molecule has 2 rings (SSSR count). The van der Waals surface area contributed by atoms with E-state index in [1.165, 1.54) is 32.1 Å². The Balaban J connectivity index is 1.77. The van der Waals surface area contributed by atoms with Crippen molar-refractivity contribution in [2.24, 2.45) is 0 Å². The maximum atomic E-state index is 12.6. The van der Waals surface area contributed by atoms with Crippen molar-refractivity contribution in [3.8, 4) is 28.7 Å². The van der Waals surface area contributed by atoms with Gasteiger partial charge in [-0.1, -0.05) is 81.6 Å². The highest BCUT2D eigenvalue weighted by Gasteiger charge is 2.13. The Hall–Kier alpha value is -3.67. The van der Waals surface area contributed by atoms with Crippen molar-refractivity contribution in [3.05, 3.63) is 65.8 Å². The Labute approximate surface area is 253 Å². The molecule has 0 heterocycles. The molecule has 0 saturated heterocycles. The molecule has 230 valence electrons. The van der Waals surface area contributed by atoms with Crippen molar-refractivity contribution < 1.29 is 28.5 Å². The van der Waals surface area contributed by atoms with E-state index in [0.717, 1.165) is 49.7 Å². The molecule has 0 bridgehead atoms. The Morgan fingerprint density at radius 1 is 0.619 bits per heavy atom. The van der Waals surface area contributed by atoms with Crippen molar-refractivity contribution in [3.63, 3.8) is 0 Å². The largest absolute Gasteiger partial charge is 0.493 e. The third-order valence-electron chi connectivity index (χ3n) is 6.90. The maximum absolute atomic E-state index is 12.6. The molecule has 0 unspecified atom stereocenters. The monoisotopic (exact) mass is 578 g/mol. The first kappa shape index (κ1) is 34.5. The number of methoxy groups -OCH3 is 4. The highest BCUT2D eigenvalue weighted by atomic mass is 16.6. The summed E-state index contributed by atoms with van der Waals surface area (Å²) in [6.45, 7) is 2.25. The van der Waals surface area contributed by atoms with Crippen LogP contribution in [0.2, 0.25) is 0 Å². The molecule has 0 N–H and O–H groups in total. The number of hydrogen-bond donors (Lipinski definition) is 0. The molecule has 0 aliphatic heterocycles. The standard InChI is InChI=1S/C36H50O6/c1-6-7-8-9-10-11-12-13-14-15-16-17-18-19-20-21-35(37)42-32-26-29(24-25-31(32)38-2)22-23-30-27-33(39-3)36(41-5)34(28-30)40-4/h11-12,14-15,22-28H,6-10,13,16-21H2,1-5H3/b12-11+,15-14+,23-22-. The number of rotatable bonds is 21. The minimum absolute atomic E-state index is 0.250. The van der Waals surface area contributed by atoms with Crippen LogP contribution < -0.4 is 23.7 Å². The van der Waals surface area contributed by atoms with Crippen LogP contribution in [0.5, 0.6) is 28.7 Å². The zero-order chi connectivity index (χ0) is 30.4. The highest BCUT2D eigenvalue weighted by Crippen LogP contribution is 2.38.